The summed E-state index contributed by atoms with van der Waals surface area (Å²) in [6.45, 7) is 3.79. The van der Waals surface area contributed by atoms with Crippen LogP contribution in [-0.2, 0) is 0 Å². The molecule has 0 bridgehead atoms. The van der Waals surface area contributed by atoms with E-state index in [9.17, 15) is 13.6 Å². The Bertz CT molecular complexity index is 1230. The molecule has 1 saturated carbocycles. The molecule has 0 atom stereocenters. The monoisotopic (exact) mass is 444 g/mol. The van der Waals surface area contributed by atoms with E-state index in [1.807, 2.05) is 6.08 Å². The molecule has 1 aliphatic rings. The van der Waals surface area contributed by atoms with Gasteiger partial charge in [0.05, 0.1) is 5.56 Å². The van der Waals surface area contributed by atoms with E-state index in [1.54, 1.807) is 24.3 Å². The molecule has 4 rings (SSSR count). The predicted molar refractivity (Wildman–Crippen MR) is 127 cm³/mol. The third kappa shape index (κ3) is 5.68. The maximum atomic E-state index is 14.6. The summed E-state index contributed by atoms with van der Waals surface area (Å²) >= 11 is 0. The van der Waals surface area contributed by atoms with Gasteiger partial charge in [-0.2, -0.15) is 0 Å². The van der Waals surface area contributed by atoms with Crippen LogP contribution < -0.4 is 4.74 Å². The molecule has 4 heteroatoms. The highest BCUT2D eigenvalue weighted by Crippen LogP contribution is 2.31. The highest BCUT2D eigenvalue weighted by molar-refractivity contribution is 5.92. The van der Waals surface area contributed by atoms with E-state index >= 15 is 0 Å². The molecular formula is C29H26F2O2. The van der Waals surface area contributed by atoms with Crippen LogP contribution in [0.3, 0.4) is 0 Å². The van der Waals surface area contributed by atoms with Gasteiger partial charge in [-0.1, -0.05) is 30.0 Å². The van der Waals surface area contributed by atoms with Crippen molar-refractivity contribution in [1.29, 1.82) is 0 Å². The first-order valence-corrected chi connectivity index (χ1v) is 11.4. The molecule has 0 amide bonds. The second-order valence-electron chi connectivity index (χ2n) is 8.56. The number of rotatable bonds is 5. The number of allylic oxidation sites excluding steroid dienone is 1. The van der Waals surface area contributed by atoms with Crippen molar-refractivity contribution in [3.63, 3.8) is 0 Å². The van der Waals surface area contributed by atoms with Gasteiger partial charge in [0.1, 0.15) is 17.4 Å². The van der Waals surface area contributed by atoms with Crippen LogP contribution >= 0.6 is 0 Å². The van der Waals surface area contributed by atoms with Crippen molar-refractivity contribution in [2.24, 2.45) is 11.8 Å². The summed E-state index contributed by atoms with van der Waals surface area (Å²) in [7, 11) is 0. The van der Waals surface area contributed by atoms with Crippen molar-refractivity contribution < 1.29 is 18.3 Å². The number of hydrogen-bond acceptors (Lipinski definition) is 2. The third-order valence-corrected chi connectivity index (χ3v) is 6.24. The second-order valence-corrected chi connectivity index (χ2v) is 8.56. The molecule has 2 nitrogen and oxygen atoms in total. The molecule has 168 valence electrons. The Balaban J connectivity index is 1.39. The molecule has 3 aromatic rings. The van der Waals surface area contributed by atoms with E-state index in [4.69, 9.17) is 4.74 Å². The molecule has 1 fully saturated rings. The summed E-state index contributed by atoms with van der Waals surface area (Å²) in [6.07, 6.45) is 8.72. The zero-order valence-electron chi connectivity index (χ0n) is 18.5. The SMILES string of the molecule is C=CCCC1CCC(C#Cc2ccc(C(=O)Oc3ccc4c(F)cccc4c3)c(F)c2)CC1. The quantitative estimate of drug-likeness (QED) is 0.177. The first-order valence-electron chi connectivity index (χ1n) is 11.4. The Morgan fingerprint density at radius 3 is 2.61 bits per heavy atom. The van der Waals surface area contributed by atoms with E-state index in [1.165, 1.54) is 49.6 Å². The zero-order valence-corrected chi connectivity index (χ0v) is 18.5. The molecule has 0 aliphatic heterocycles. The molecule has 1 aliphatic carbocycles. The van der Waals surface area contributed by atoms with Crippen LogP contribution in [0, 0.1) is 35.3 Å². The molecular weight excluding hydrogens is 418 g/mol. The Kier molecular flexibility index (Phi) is 7.19. The van der Waals surface area contributed by atoms with Gasteiger partial charge in [0, 0.05) is 16.9 Å². The maximum absolute atomic E-state index is 14.6. The Labute approximate surface area is 193 Å². The van der Waals surface area contributed by atoms with Gasteiger partial charge in [-0.05, 0) is 92.3 Å². The van der Waals surface area contributed by atoms with E-state index in [0.29, 0.717) is 22.3 Å². The first kappa shape index (κ1) is 22.7. The van der Waals surface area contributed by atoms with Crippen molar-refractivity contribution in [1.82, 2.24) is 0 Å². The van der Waals surface area contributed by atoms with Gasteiger partial charge in [0.25, 0.3) is 0 Å². The Hall–Kier alpha value is -3.45. The molecule has 0 aromatic heterocycles. The van der Waals surface area contributed by atoms with Gasteiger partial charge in [-0.15, -0.1) is 6.58 Å². The third-order valence-electron chi connectivity index (χ3n) is 6.24. The van der Waals surface area contributed by atoms with E-state index in [2.05, 4.69) is 18.4 Å². The van der Waals surface area contributed by atoms with Crippen molar-refractivity contribution in [3.8, 4) is 17.6 Å². The van der Waals surface area contributed by atoms with Gasteiger partial charge >= 0.3 is 5.97 Å². The largest absolute Gasteiger partial charge is 0.423 e. The van der Waals surface area contributed by atoms with Gasteiger partial charge in [-0.25, -0.2) is 13.6 Å². The summed E-state index contributed by atoms with van der Waals surface area (Å²) in [5.74, 6) is 5.81. The lowest BCUT2D eigenvalue weighted by atomic mass is 9.80. The van der Waals surface area contributed by atoms with Gasteiger partial charge in [0.2, 0.25) is 0 Å². The highest BCUT2D eigenvalue weighted by atomic mass is 19.1. The molecule has 0 unspecified atom stereocenters. The summed E-state index contributed by atoms with van der Waals surface area (Å²) in [4.78, 5) is 12.5. The summed E-state index contributed by atoms with van der Waals surface area (Å²) in [6, 6.07) is 13.6. The molecule has 0 spiro atoms. The van der Waals surface area contributed by atoms with Crippen LogP contribution in [0.25, 0.3) is 10.8 Å². The van der Waals surface area contributed by atoms with Crippen LogP contribution in [-0.4, -0.2) is 5.97 Å². The average Bonchev–Trinajstić information content (AvgIpc) is 2.82. The van der Waals surface area contributed by atoms with Crippen molar-refractivity contribution in [2.45, 2.75) is 38.5 Å². The lowest BCUT2D eigenvalue weighted by Crippen LogP contribution is -2.13. The van der Waals surface area contributed by atoms with Gasteiger partial charge < -0.3 is 4.74 Å². The topological polar surface area (TPSA) is 26.3 Å². The Morgan fingerprint density at radius 2 is 1.85 bits per heavy atom. The van der Waals surface area contributed by atoms with Crippen LogP contribution in [0.15, 0.2) is 67.3 Å². The lowest BCUT2D eigenvalue weighted by molar-refractivity contribution is 0.0730. The van der Waals surface area contributed by atoms with Crippen LogP contribution in [0.1, 0.15) is 54.4 Å². The van der Waals surface area contributed by atoms with E-state index in [-0.39, 0.29) is 17.1 Å². The second kappa shape index (κ2) is 10.4. The fourth-order valence-corrected chi connectivity index (χ4v) is 4.34. The number of esters is 1. The standard InChI is InChI=1S/C29H26F2O2/c1-2-3-5-20-8-10-21(11-9-20)12-13-22-14-16-26(28(31)18-22)29(32)33-24-15-17-25-23(19-24)6-4-7-27(25)30/h2,4,6-7,14-21H,1,3,5,8-11H2. The minimum absolute atomic E-state index is 0.164. The fourth-order valence-electron chi connectivity index (χ4n) is 4.34. The zero-order chi connectivity index (χ0) is 23.2. The van der Waals surface area contributed by atoms with Crippen molar-refractivity contribution in [2.75, 3.05) is 0 Å². The van der Waals surface area contributed by atoms with E-state index < -0.39 is 11.8 Å². The Morgan fingerprint density at radius 1 is 1.03 bits per heavy atom. The number of fused-ring (bicyclic) bond motifs is 1. The van der Waals surface area contributed by atoms with Crippen LogP contribution in [0.5, 0.6) is 5.75 Å². The number of benzene rings is 3. The van der Waals surface area contributed by atoms with Gasteiger partial charge in [-0.3, -0.25) is 0 Å². The molecule has 3 aromatic carbocycles. The molecule has 0 heterocycles. The number of ether oxygens (including phenoxy) is 1. The number of carbonyl (C=O) groups excluding carboxylic acids is 1. The van der Waals surface area contributed by atoms with Crippen molar-refractivity contribution in [3.05, 3.63) is 90.0 Å². The molecule has 0 saturated heterocycles. The average molecular weight is 445 g/mol. The van der Waals surface area contributed by atoms with E-state index in [0.717, 1.165) is 25.2 Å². The summed E-state index contributed by atoms with van der Waals surface area (Å²) in [5, 5.41) is 1.03. The van der Waals surface area contributed by atoms with Crippen molar-refractivity contribution >= 4 is 16.7 Å². The minimum atomic E-state index is -0.805. The molecule has 33 heavy (non-hydrogen) atoms. The minimum Gasteiger partial charge on any atom is -0.423 e. The summed E-state index contributed by atoms with van der Waals surface area (Å²) < 4.78 is 33.7. The van der Waals surface area contributed by atoms with Crippen LogP contribution in [0.2, 0.25) is 0 Å². The maximum Gasteiger partial charge on any atom is 0.346 e. The molecule has 0 N–H and O–H groups in total. The molecule has 0 radical (unpaired) electrons. The smallest absolute Gasteiger partial charge is 0.346 e. The number of halogens is 2. The summed E-state index contributed by atoms with van der Waals surface area (Å²) in [5.41, 5.74) is 0.377. The lowest BCUT2D eigenvalue weighted by Gasteiger charge is -2.25. The number of carbonyl (C=O) groups is 1. The van der Waals surface area contributed by atoms with Crippen LogP contribution in [0.4, 0.5) is 8.78 Å². The highest BCUT2D eigenvalue weighted by Gasteiger charge is 2.19. The fraction of sp³-hybridized carbons (Fsp3) is 0.276. The number of hydrogen-bond donors (Lipinski definition) is 0. The normalized spacial score (nSPS) is 17.8. The first-order chi connectivity index (χ1) is 16.0. The predicted octanol–water partition coefficient (Wildman–Crippen LogP) is 7.46. The van der Waals surface area contributed by atoms with Gasteiger partial charge in [0.15, 0.2) is 0 Å².